The highest BCUT2D eigenvalue weighted by atomic mass is 35.5. The third-order valence-electron chi connectivity index (χ3n) is 4.12. The van der Waals surface area contributed by atoms with Crippen molar-refractivity contribution < 1.29 is 9.53 Å². The molecule has 25 heavy (non-hydrogen) atoms. The molecular weight excluding hydrogens is 340 g/mol. The third kappa shape index (κ3) is 4.92. The quantitative estimate of drug-likeness (QED) is 0.858. The zero-order valence-electron chi connectivity index (χ0n) is 14.0. The molecule has 1 amide bonds. The lowest BCUT2D eigenvalue weighted by atomic mass is 10.2. The Bertz CT molecular complexity index is 700. The molecule has 0 radical (unpaired) electrons. The maximum absolute atomic E-state index is 12.4. The second kappa shape index (κ2) is 8.29. The first-order valence-corrected chi connectivity index (χ1v) is 8.65. The molecule has 1 fully saturated rings. The molecule has 2 N–H and O–H groups in total. The van der Waals surface area contributed by atoms with E-state index >= 15 is 0 Å². The number of nitrogens with zero attached hydrogens (tertiary/aromatic N) is 2. The molecule has 0 spiro atoms. The van der Waals surface area contributed by atoms with Crippen molar-refractivity contribution in [2.45, 2.75) is 13.0 Å². The van der Waals surface area contributed by atoms with E-state index in [0.717, 1.165) is 26.2 Å². The summed E-state index contributed by atoms with van der Waals surface area (Å²) in [7, 11) is 0. The van der Waals surface area contributed by atoms with Crippen molar-refractivity contribution in [3.05, 3.63) is 47.6 Å². The number of halogens is 1. The van der Waals surface area contributed by atoms with Crippen molar-refractivity contribution in [3.8, 4) is 11.5 Å². The van der Waals surface area contributed by atoms with E-state index in [2.05, 4.69) is 20.5 Å². The van der Waals surface area contributed by atoms with Crippen LogP contribution >= 0.6 is 11.6 Å². The van der Waals surface area contributed by atoms with Crippen LogP contribution < -0.4 is 15.4 Å². The first-order chi connectivity index (χ1) is 12.1. The van der Waals surface area contributed by atoms with E-state index in [1.54, 1.807) is 42.6 Å². The van der Waals surface area contributed by atoms with Gasteiger partial charge in [0.2, 0.25) is 5.91 Å². The number of nitrogens with one attached hydrogen (secondary N) is 2. The topological polar surface area (TPSA) is 66.5 Å². The molecule has 1 unspecified atom stereocenters. The summed E-state index contributed by atoms with van der Waals surface area (Å²) < 4.78 is 5.69. The molecule has 0 aliphatic carbocycles. The van der Waals surface area contributed by atoms with Crippen molar-refractivity contribution in [1.82, 2.24) is 15.2 Å². The van der Waals surface area contributed by atoms with E-state index in [9.17, 15) is 4.79 Å². The van der Waals surface area contributed by atoms with Crippen molar-refractivity contribution in [1.29, 1.82) is 0 Å². The molecule has 1 aliphatic rings. The van der Waals surface area contributed by atoms with Crippen LogP contribution in [0.3, 0.4) is 0 Å². The summed E-state index contributed by atoms with van der Waals surface area (Å²) in [5.74, 6) is 1.72. The maximum atomic E-state index is 12.4. The molecular formula is C18H21ClN4O2. The van der Waals surface area contributed by atoms with Gasteiger partial charge in [-0.15, -0.1) is 0 Å². The highest BCUT2D eigenvalue weighted by Gasteiger charge is 2.22. The molecule has 132 valence electrons. The predicted octanol–water partition coefficient (Wildman–Crippen LogP) is 2.76. The largest absolute Gasteiger partial charge is 0.456 e. The van der Waals surface area contributed by atoms with Gasteiger partial charge in [0.25, 0.3) is 0 Å². The maximum Gasteiger partial charge on any atom is 0.242 e. The van der Waals surface area contributed by atoms with E-state index < -0.39 is 0 Å². The monoisotopic (exact) mass is 360 g/mol. The van der Waals surface area contributed by atoms with Crippen LogP contribution in [0.25, 0.3) is 0 Å². The summed E-state index contributed by atoms with van der Waals surface area (Å²) in [6.45, 7) is 5.48. The lowest BCUT2D eigenvalue weighted by Gasteiger charge is -2.31. The van der Waals surface area contributed by atoms with Gasteiger partial charge in [0.15, 0.2) is 0 Å². The van der Waals surface area contributed by atoms with Crippen LogP contribution in [-0.2, 0) is 4.79 Å². The van der Waals surface area contributed by atoms with Crippen LogP contribution in [0.15, 0.2) is 42.6 Å². The Morgan fingerprint density at radius 1 is 1.20 bits per heavy atom. The minimum absolute atomic E-state index is 0.0548. The number of hydrogen-bond donors (Lipinski definition) is 2. The van der Waals surface area contributed by atoms with Gasteiger partial charge in [-0.3, -0.25) is 9.69 Å². The lowest BCUT2D eigenvalue weighted by Crippen LogP contribution is -2.51. The first-order valence-electron chi connectivity index (χ1n) is 8.27. The second-order valence-electron chi connectivity index (χ2n) is 5.89. The number of anilines is 1. The molecule has 0 bridgehead atoms. The molecule has 3 rings (SSSR count). The number of ether oxygens (including phenoxy) is 1. The summed E-state index contributed by atoms with van der Waals surface area (Å²) in [6.07, 6.45) is 1.58. The Balaban J connectivity index is 1.56. The van der Waals surface area contributed by atoms with Crippen LogP contribution in [0, 0.1) is 0 Å². The molecule has 2 aromatic rings. The molecule has 1 aromatic carbocycles. The molecule has 1 aromatic heterocycles. The number of aromatic nitrogens is 1. The third-order valence-corrected chi connectivity index (χ3v) is 4.37. The summed E-state index contributed by atoms with van der Waals surface area (Å²) in [5, 5.41) is 6.79. The number of pyridine rings is 1. The summed E-state index contributed by atoms with van der Waals surface area (Å²) in [6, 6.07) is 10.4. The lowest BCUT2D eigenvalue weighted by molar-refractivity contribution is -0.121. The van der Waals surface area contributed by atoms with Gasteiger partial charge in [-0.2, -0.15) is 0 Å². The number of rotatable bonds is 5. The second-order valence-corrected chi connectivity index (χ2v) is 6.32. The average Bonchev–Trinajstić information content (AvgIpc) is 2.65. The molecule has 1 atom stereocenters. The van der Waals surface area contributed by atoms with Gasteiger partial charge in [0.05, 0.1) is 12.2 Å². The van der Waals surface area contributed by atoms with Crippen molar-refractivity contribution in [2.75, 3.05) is 31.5 Å². The van der Waals surface area contributed by atoms with Crippen molar-refractivity contribution in [3.63, 3.8) is 0 Å². The number of hydrogen-bond acceptors (Lipinski definition) is 5. The molecule has 1 saturated heterocycles. The number of amides is 1. The van der Waals surface area contributed by atoms with Gasteiger partial charge in [-0.05, 0) is 43.3 Å². The van der Waals surface area contributed by atoms with E-state index in [-0.39, 0.29) is 11.9 Å². The van der Waals surface area contributed by atoms with Gasteiger partial charge < -0.3 is 15.4 Å². The number of benzene rings is 1. The van der Waals surface area contributed by atoms with Crippen LogP contribution in [0.1, 0.15) is 6.92 Å². The highest BCUT2D eigenvalue weighted by Crippen LogP contribution is 2.23. The summed E-state index contributed by atoms with van der Waals surface area (Å²) in [5.41, 5.74) is 0. The van der Waals surface area contributed by atoms with Crippen LogP contribution in [0.4, 0.5) is 5.82 Å². The predicted molar refractivity (Wildman–Crippen MR) is 98.3 cm³/mol. The molecule has 6 nitrogen and oxygen atoms in total. The number of carbonyl (C=O) groups is 1. The van der Waals surface area contributed by atoms with Gasteiger partial charge in [0.1, 0.15) is 17.3 Å². The van der Waals surface area contributed by atoms with E-state index in [1.165, 1.54) is 0 Å². The van der Waals surface area contributed by atoms with E-state index in [0.29, 0.717) is 22.3 Å². The number of piperazine rings is 1. The highest BCUT2D eigenvalue weighted by molar-refractivity contribution is 6.30. The van der Waals surface area contributed by atoms with Crippen LogP contribution in [-0.4, -0.2) is 48.0 Å². The van der Waals surface area contributed by atoms with Gasteiger partial charge in [-0.25, -0.2) is 4.98 Å². The fraction of sp³-hybridized carbons (Fsp3) is 0.333. The Labute approximate surface area is 152 Å². The Hall–Kier alpha value is -2.15. The fourth-order valence-corrected chi connectivity index (χ4v) is 2.75. The smallest absolute Gasteiger partial charge is 0.242 e. The average molecular weight is 361 g/mol. The van der Waals surface area contributed by atoms with Gasteiger partial charge >= 0.3 is 0 Å². The normalized spacial score (nSPS) is 16.2. The first kappa shape index (κ1) is 17.7. The molecule has 0 saturated carbocycles. The van der Waals surface area contributed by atoms with E-state index in [4.69, 9.17) is 16.3 Å². The number of carbonyl (C=O) groups excluding carboxylic acids is 1. The van der Waals surface area contributed by atoms with Crippen molar-refractivity contribution >= 4 is 23.3 Å². The zero-order chi connectivity index (χ0) is 17.6. The minimum Gasteiger partial charge on any atom is -0.456 e. The molecule has 2 heterocycles. The molecule has 1 aliphatic heterocycles. The van der Waals surface area contributed by atoms with Crippen molar-refractivity contribution in [2.24, 2.45) is 0 Å². The van der Waals surface area contributed by atoms with E-state index in [1.807, 2.05) is 6.92 Å². The summed E-state index contributed by atoms with van der Waals surface area (Å²) >= 11 is 5.85. The Morgan fingerprint density at radius 3 is 2.52 bits per heavy atom. The fourth-order valence-electron chi connectivity index (χ4n) is 2.62. The Kier molecular flexibility index (Phi) is 5.86. The van der Waals surface area contributed by atoms with Gasteiger partial charge in [0, 0.05) is 31.2 Å². The molecule has 7 heteroatoms. The minimum atomic E-state index is -0.186. The van der Waals surface area contributed by atoms with Crippen LogP contribution in [0.2, 0.25) is 5.02 Å². The zero-order valence-corrected chi connectivity index (χ0v) is 14.8. The SMILES string of the molecule is CC(C(=O)Nc1ccc(Oc2ccc(Cl)cc2)cn1)N1CCNCC1. The van der Waals surface area contributed by atoms with Crippen LogP contribution in [0.5, 0.6) is 11.5 Å². The van der Waals surface area contributed by atoms with Gasteiger partial charge in [-0.1, -0.05) is 11.6 Å². The standard InChI is InChI=1S/C18H21ClN4O2/c1-13(23-10-8-20-9-11-23)18(24)22-17-7-6-16(12-21-17)25-15-4-2-14(19)3-5-15/h2-7,12-13,20H,8-11H2,1H3,(H,21,22,24). The Morgan fingerprint density at radius 2 is 1.88 bits per heavy atom. The summed E-state index contributed by atoms with van der Waals surface area (Å²) in [4.78, 5) is 18.8.